The Kier molecular flexibility index (Phi) is 6.42. The molecule has 0 bridgehead atoms. The van der Waals surface area contributed by atoms with Crippen molar-refractivity contribution < 1.29 is 4.79 Å². The fourth-order valence-corrected chi connectivity index (χ4v) is 5.76. The van der Waals surface area contributed by atoms with Gasteiger partial charge in [-0.1, -0.05) is 85.3 Å². The van der Waals surface area contributed by atoms with E-state index in [1.54, 1.807) is 23.1 Å². The minimum absolute atomic E-state index is 0.140. The summed E-state index contributed by atoms with van der Waals surface area (Å²) in [6, 6.07) is 12.7. The predicted molar refractivity (Wildman–Crippen MR) is 138 cm³/mol. The first-order valence-corrected chi connectivity index (χ1v) is 12.9. The number of amides is 1. The van der Waals surface area contributed by atoms with Crippen LogP contribution in [0.5, 0.6) is 0 Å². The number of nitrogens with zero attached hydrogens (tertiary/aromatic N) is 4. The van der Waals surface area contributed by atoms with Gasteiger partial charge in [-0.25, -0.2) is 0 Å². The molecule has 1 aliphatic heterocycles. The van der Waals surface area contributed by atoms with E-state index in [9.17, 15) is 9.59 Å². The molecular weight excluding hydrogens is 491 g/mol. The number of carbonyl (C=O) groups excluding carboxylic acids is 1. The molecule has 9 heteroatoms. The van der Waals surface area contributed by atoms with Crippen molar-refractivity contribution in [3.05, 3.63) is 73.0 Å². The lowest BCUT2D eigenvalue weighted by molar-refractivity contribution is -0.113. The fraction of sp³-hybridized carbons (Fsp3) is 0.280. The molecule has 5 rings (SSSR count). The molecule has 34 heavy (non-hydrogen) atoms. The van der Waals surface area contributed by atoms with Gasteiger partial charge in [0, 0.05) is 22.7 Å². The zero-order chi connectivity index (χ0) is 23.8. The number of hydrogen-bond donors (Lipinski definition) is 0. The van der Waals surface area contributed by atoms with E-state index in [0.29, 0.717) is 43.0 Å². The third-order valence-corrected chi connectivity index (χ3v) is 7.54. The summed E-state index contributed by atoms with van der Waals surface area (Å²) in [4.78, 5) is 33.5. The molecule has 0 fully saturated rings. The first-order valence-electron chi connectivity index (χ1n) is 11.3. The Hall–Kier alpha value is -2.74. The van der Waals surface area contributed by atoms with Crippen molar-refractivity contribution in [1.29, 1.82) is 0 Å². The molecule has 4 aromatic rings. The maximum absolute atomic E-state index is 13.5. The molecule has 2 aromatic heterocycles. The van der Waals surface area contributed by atoms with Gasteiger partial charge in [-0.2, -0.15) is 9.50 Å². The first kappa shape index (κ1) is 23.0. The second-order valence-corrected chi connectivity index (χ2v) is 10.1. The lowest BCUT2D eigenvalue weighted by atomic mass is 10.1. The number of unbranched alkanes of at least 4 members (excludes halogenated alkanes) is 4. The Morgan fingerprint density at radius 2 is 1.76 bits per heavy atom. The number of carbonyl (C=O) groups is 1. The molecular formula is C25H22Cl2N4O2S. The molecule has 3 heterocycles. The van der Waals surface area contributed by atoms with Crippen molar-refractivity contribution in [3.63, 3.8) is 0 Å². The number of aromatic nitrogens is 3. The number of rotatable bonds is 7. The highest BCUT2D eigenvalue weighted by atomic mass is 35.5. The predicted octanol–water partition coefficient (Wildman–Crippen LogP) is 5.36. The highest BCUT2D eigenvalue weighted by Gasteiger charge is 2.34. The van der Waals surface area contributed by atoms with Gasteiger partial charge in [0.2, 0.25) is 4.96 Å². The van der Waals surface area contributed by atoms with Crippen LogP contribution in [-0.4, -0.2) is 27.0 Å². The van der Waals surface area contributed by atoms with E-state index >= 15 is 0 Å². The maximum atomic E-state index is 13.5. The standard InChI is InChI=1S/C25H22Cl2N4O2S/c1-2-3-4-5-8-13-30-19-10-7-6-9-17(19)20(23(30)32)21-24(33)31-25(34-21)28-22(29-31)16-12-11-15(26)14-18(16)27/h6-7,9-12,14H,2-5,8,13H2,1H3. The van der Waals surface area contributed by atoms with Crippen molar-refractivity contribution in [3.8, 4) is 11.4 Å². The topological polar surface area (TPSA) is 67.6 Å². The van der Waals surface area contributed by atoms with Crippen LogP contribution in [0.2, 0.25) is 10.0 Å². The average Bonchev–Trinajstić information content (AvgIpc) is 3.44. The second-order valence-electron chi connectivity index (χ2n) is 8.25. The van der Waals surface area contributed by atoms with Crippen LogP contribution in [0.4, 0.5) is 5.69 Å². The summed E-state index contributed by atoms with van der Waals surface area (Å²) >= 11 is 13.4. The van der Waals surface area contributed by atoms with Crippen molar-refractivity contribution >= 4 is 56.7 Å². The summed E-state index contributed by atoms with van der Waals surface area (Å²) in [6.07, 6.45) is 5.55. The number of fused-ring (bicyclic) bond motifs is 2. The molecule has 0 spiro atoms. The first-order chi connectivity index (χ1) is 16.5. The lowest BCUT2D eigenvalue weighted by Gasteiger charge is -2.16. The van der Waals surface area contributed by atoms with Gasteiger partial charge in [-0.3, -0.25) is 9.59 Å². The molecule has 6 nitrogen and oxygen atoms in total. The summed E-state index contributed by atoms with van der Waals surface area (Å²) in [6.45, 7) is 2.82. The minimum atomic E-state index is -0.355. The molecule has 1 aliphatic rings. The Morgan fingerprint density at radius 3 is 2.53 bits per heavy atom. The maximum Gasteiger partial charge on any atom is 0.291 e. The van der Waals surface area contributed by atoms with Crippen LogP contribution in [-0.2, 0) is 4.79 Å². The van der Waals surface area contributed by atoms with Crippen LogP contribution in [0.15, 0.2) is 47.3 Å². The quantitative estimate of drug-likeness (QED) is 0.312. The minimum Gasteiger partial charge on any atom is -0.308 e. The zero-order valence-corrected chi connectivity index (χ0v) is 20.9. The van der Waals surface area contributed by atoms with E-state index in [-0.39, 0.29) is 11.5 Å². The molecule has 0 radical (unpaired) electrons. The monoisotopic (exact) mass is 512 g/mol. The van der Waals surface area contributed by atoms with Crippen molar-refractivity contribution in [1.82, 2.24) is 14.6 Å². The summed E-state index contributed by atoms with van der Waals surface area (Å²) in [5, 5.41) is 5.29. The van der Waals surface area contributed by atoms with Crippen LogP contribution in [0.3, 0.4) is 0 Å². The Morgan fingerprint density at radius 1 is 0.971 bits per heavy atom. The number of halogens is 2. The largest absolute Gasteiger partial charge is 0.308 e. The van der Waals surface area contributed by atoms with Gasteiger partial charge in [-0.15, -0.1) is 5.10 Å². The van der Waals surface area contributed by atoms with Crippen LogP contribution in [0.1, 0.15) is 44.6 Å². The number of benzene rings is 2. The van der Waals surface area contributed by atoms with Crippen molar-refractivity contribution in [2.75, 3.05) is 11.4 Å². The van der Waals surface area contributed by atoms with E-state index in [1.807, 2.05) is 24.3 Å². The highest BCUT2D eigenvalue weighted by molar-refractivity contribution is 7.15. The van der Waals surface area contributed by atoms with Gasteiger partial charge < -0.3 is 4.90 Å². The van der Waals surface area contributed by atoms with Gasteiger partial charge >= 0.3 is 0 Å². The molecule has 0 aliphatic carbocycles. The van der Waals surface area contributed by atoms with Gasteiger partial charge in [0.1, 0.15) is 4.53 Å². The number of para-hydroxylation sites is 1. The smallest absolute Gasteiger partial charge is 0.291 e. The SMILES string of the molecule is CCCCCCCN1C(=O)C(=c2sc3nc(-c4ccc(Cl)cc4Cl)nn3c2=O)c2ccccc21. The van der Waals surface area contributed by atoms with Crippen molar-refractivity contribution in [2.24, 2.45) is 0 Å². The van der Waals surface area contributed by atoms with E-state index in [0.717, 1.165) is 30.5 Å². The van der Waals surface area contributed by atoms with Gasteiger partial charge in [-0.05, 0) is 30.7 Å². The second kappa shape index (κ2) is 9.49. The molecule has 1 amide bonds. The molecule has 0 unspecified atom stereocenters. The Bertz CT molecular complexity index is 1510. The van der Waals surface area contributed by atoms with Crippen LogP contribution < -0.4 is 15.0 Å². The number of anilines is 1. The van der Waals surface area contributed by atoms with Crippen LogP contribution >= 0.6 is 34.5 Å². The Labute approximate surface area is 210 Å². The summed E-state index contributed by atoms with van der Waals surface area (Å²) < 4.78 is 1.60. The molecule has 0 saturated heterocycles. The van der Waals surface area contributed by atoms with E-state index in [4.69, 9.17) is 23.2 Å². The molecule has 0 saturated carbocycles. The summed E-state index contributed by atoms with van der Waals surface area (Å²) in [5.41, 5.74) is 2.30. The zero-order valence-electron chi connectivity index (χ0n) is 18.6. The van der Waals surface area contributed by atoms with Crippen LogP contribution in [0.25, 0.3) is 21.9 Å². The van der Waals surface area contributed by atoms with Crippen molar-refractivity contribution in [2.45, 2.75) is 39.0 Å². The van der Waals surface area contributed by atoms with E-state index in [1.165, 1.54) is 28.7 Å². The average molecular weight is 513 g/mol. The van der Waals surface area contributed by atoms with Gasteiger partial charge in [0.05, 0.1) is 16.3 Å². The van der Waals surface area contributed by atoms with E-state index in [2.05, 4.69) is 17.0 Å². The third kappa shape index (κ3) is 4.02. The van der Waals surface area contributed by atoms with Gasteiger partial charge in [0.25, 0.3) is 11.5 Å². The third-order valence-electron chi connectivity index (χ3n) is 5.96. The Balaban J connectivity index is 1.55. The number of thiazole rings is 1. The van der Waals surface area contributed by atoms with E-state index < -0.39 is 0 Å². The summed E-state index contributed by atoms with van der Waals surface area (Å²) in [5.74, 6) is 0.202. The summed E-state index contributed by atoms with van der Waals surface area (Å²) in [7, 11) is 0. The highest BCUT2D eigenvalue weighted by Crippen LogP contribution is 2.35. The molecule has 2 aromatic carbocycles. The molecule has 174 valence electrons. The fourth-order valence-electron chi connectivity index (χ4n) is 4.27. The van der Waals surface area contributed by atoms with Crippen LogP contribution in [0, 0.1) is 0 Å². The molecule has 0 atom stereocenters. The number of hydrogen-bond acceptors (Lipinski definition) is 5. The van der Waals surface area contributed by atoms with Gasteiger partial charge in [0.15, 0.2) is 5.82 Å². The lowest BCUT2D eigenvalue weighted by Crippen LogP contribution is -2.33. The molecule has 0 N–H and O–H groups in total. The normalized spacial score (nSPS) is 14.9.